The smallest absolute Gasteiger partial charge is 0.250 e. The van der Waals surface area contributed by atoms with Crippen LogP contribution in [0.25, 0.3) is 16.8 Å². The fraction of sp³-hybridized carbons (Fsp3) is 0.259. The van der Waals surface area contributed by atoms with Crippen molar-refractivity contribution < 1.29 is 14.3 Å². The van der Waals surface area contributed by atoms with Crippen LogP contribution in [0.4, 0.5) is 0 Å². The van der Waals surface area contributed by atoms with E-state index < -0.39 is 0 Å². The van der Waals surface area contributed by atoms with Crippen LogP contribution in [0.15, 0.2) is 66.7 Å². The van der Waals surface area contributed by atoms with Gasteiger partial charge in [0.05, 0.1) is 13.7 Å². The molecule has 5 nitrogen and oxygen atoms in total. The van der Waals surface area contributed by atoms with Crippen molar-refractivity contribution in [2.75, 3.05) is 13.7 Å². The molecule has 33 heavy (non-hydrogen) atoms. The highest BCUT2D eigenvalue weighted by atomic mass is 32.1. The van der Waals surface area contributed by atoms with Gasteiger partial charge in [-0.15, -0.1) is 0 Å². The van der Waals surface area contributed by atoms with Crippen LogP contribution in [-0.2, 0) is 11.3 Å². The Labute approximate surface area is 200 Å². The summed E-state index contributed by atoms with van der Waals surface area (Å²) < 4.78 is 11.3. The van der Waals surface area contributed by atoms with Crippen LogP contribution in [0.5, 0.6) is 11.5 Å². The molecular weight excluding hydrogens is 432 g/mol. The van der Waals surface area contributed by atoms with Crippen LogP contribution < -0.4 is 20.1 Å². The van der Waals surface area contributed by atoms with E-state index in [-0.39, 0.29) is 11.0 Å². The first-order valence-electron chi connectivity index (χ1n) is 11.0. The van der Waals surface area contributed by atoms with Crippen molar-refractivity contribution >= 4 is 40.1 Å². The van der Waals surface area contributed by atoms with Crippen LogP contribution in [0.1, 0.15) is 31.4 Å². The molecule has 0 fully saturated rings. The lowest BCUT2D eigenvalue weighted by Gasteiger charge is -2.14. The molecule has 0 spiro atoms. The second kappa shape index (κ2) is 12.0. The van der Waals surface area contributed by atoms with Gasteiger partial charge in [0.2, 0.25) is 5.91 Å². The standard InChI is InChI=1S/C27H30N2O3S/c1-19(2)15-16-32-24-13-11-20(17-25(24)31-3)18-28-27(33)29-26(30)14-12-22-9-6-8-21-7-4-5-10-23(21)22/h4-14,17,19H,15-16,18H2,1-3H3,(H2,28,29,30,33)/b14-12+. The number of methoxy groups -OCH3 is 1. The molecule has 6 heteroatoms. The number of amides is 1. The van der Waals surface area contributed by atoms with E-state index in [0.717, 1.165) is 34.1 Å². The molecule has 3 aromatic carbocycles. The maximum Gasteiger partial charge on any atom is 0.250 e. The van der Waals surface area contributed by atoms with Crippen molar-refractivity contribution in [3.05, 3.63) is 77.9 Å². The number of carbonyl (C=O) groups is 1. The minimum atomic E-state index is -0.285. The van der Waals surface area contributed by atoms with E-state index in [1.165, 1.54) is 6.08 Å². The molecule has 0 saturated carbocycles. The molecule has 3 rings (SSSR count). The Hall–Kier alpha value is -3.38. The number of hydrogen-bond acceptors (Lipinski definition) is 4. The van der Waals surface area contributed by atoms with Crippen LogP contribution in [0, 0.1) is 5.92 Å². The Morgan fingerprint density at radius 2 is 1.85 bits per heavy atom. The first-order chi connectivity index (χ1) is 16.0. The summed E-state index contributed by atoms with van der Waals surface area (Å²) in [6.07, 6.45) is 4.26. The van der Waals surface area contributed by atoms with E-state index in [1.807, 2.05) is 60.7 Å². The van der Waals surface area contributed by atoms with Gasteiger partial charge in [-0.1, -0.05) is 62.4 Å². The number of rotatable bonds is 9. The molecule has 0 heterocycles. The van der Waals surface area contributed by atoms with E-state index in [0.29, 0.717) is 24.8 Å². The van der Waals surface area contributed by atoms with Crippen molar-refractivity contribution in [1.82, 2.24) is 10.6 Å². The molecule has 172 valence electrons. The quantitative estimate of drug-likeness (QED) is 0.326. The fourth-order valence-corrected chi connectivity index (χ4v) is 3.46. The molecule has 0 saturated heterocycles. The van der Waals surface area contributed by atoms with Gasteiger partial charge in [-0.05, 0) is 64.7 Å². The number of nitrogens with one attached hydrogen (secondary N) is 2. The summed E-state index contributed by atoms with van der Waals surface area (Å²) in [5, 5.41) is 8.23. The molecule has 0 aromatic heterocycles. The van der Waals surface area contributed by atoms with Gasteiger partial charge in [0.15, 0.2) is 16.6 Å². The molecule has 0 aliphatic carbocycles. The minimum absolute atomic E-state index is 0.263. The molecule has 0 radical (unpaired) electrons. The van der Waals surface area contributed by atoms with Crippen molar-refractivity contribution in [3.8, 4) is 11.5 Å². The maximum atomic E-state index is 12.3. The van der Waals surface area contributed by atoms with Crippen molar-refractivity contribution in [2.45, 2.75) is 26.8 Å². The maximum absolute atomic E-state index is 12.3. The van der Waals surface area contributed by atoms with Gasteiger partial charge < -0.3 is 14.8 Å². The van der Waals surface area contributed by atoms with E-state index in [4.69, 9.17) is 21.7 Å². The molecule has 1 amide bonds. The molecule has 2 N–H and O–H groups in total. The zero-order valence-electron chi connectivity index (χ0n) is 19.3. The summed E-state index contributed by atoms with van der Waals surface area (Å²) in [5.74, 6) is 1.69. The van der Waals surface area contributed by atoms with Gasteiger partial charge >= 0.3 is 0 Å². The lowest BCUT2D eigenvalue weighted by atomic mass is 10.0. The summed E-state index contributed by atoms with van der Waals surface area (Å²) in [7, 11) is 1.62. The first-order valence-corrected chi connectivity index (χ1v) is 11.4. The van der Waals surface area contributed by atoms with E-state index in [9.17, 15) is 4.79 Å². The molecule has 3 aromatic rings. The molecule has 0 bridgehead atoms. The SMILES string of the molecule is COc1cc(CNC(=S)NC(=O)/C=C/c2cccc3ccccc23)ccc1OCCC(C)C. The van der Waals surface area contributed by atoms with Crippen LogP contribution in [0.2, 0.25) is 0 Å². The predicted molar refractivity (Wildman–Crippen MR) is 139 cm³/mol. The van der Waals surface area contributed by atoms with Gasteiger partial charge in [0.1, 0.15) is 0 Å². The zero-order chi connectivity index (χ0) is 23.6. The average Bonchev–Trinajstić information content (AvgIpc) is 2.81. The van der Waals surface area contributed by atoms with Gasteiger partial charge in [-0.25, -0.2) is 0 Å². The Balaban J connectivity index is 1.52. The first kappa shape index (κ1) is 24.3. The molecule has 0 unspecified atom stereocenters. The highest BCUT2D eigenvalue weighted by molar-refractivity contribution is 7.80. The molecule has 0 aliphatic heterocycles. The van der Waals surface area contributed by atoms with Gasteiger partial charge in [-0.2, -0.15) is 0 Å². The topological polar surface area (TPSA) is 59.6 Å². The van der Waals surface area contributed by atoms with Gasteiger partial charge in [0.25, 0.3) is 0 Å². The number of thiocarbonyl (C=S) groups is 1. The number of fused-ring (bicyclic) bond motifs is 1. The summed E-state index contributed by atoms with van der Waals surface area (Å²) in [4.78, 5) is 12.3. The number of ether oxygens (including phenoxy) is 2. The Morgan fingerprint density at radius 3 is 2.64 bits per heavy atom. The third-order valence-corrected chi connectivity index (χ3v) is 5.35. The van der Waals surface area contributed by atoms with Crippen LogP contribution in [0.3, 0.4) is 0 Å². The number of hydrogen-bond donors (Lipinski definition) is 2. The summed E-state index contributed by atoms with van der Waals surface area (Å²) in [5.41, 5.74) is 1.94. The third kappa shape index (κ3) is 7.32. The number of benzene rings is 3. The largest absolute Gasteiger partial charge is 0.493 e. The average molecular weight is 463 g/mol. The van der Waals surface area contributed by atoms with Crippen molar-refractivity contribution in [3.63, 3.8) is 0 Å². The van der Waals surface area contributed by atoms with E-state index in [1.54, 1.807) is 13.2 Å². The van der Waals surface area contributed by atoms with Gasteiger partial charge in [0, 0.05) is 12.6 Å². The minimum Gasteiger partial charge on any atom is -0.493 e. The van der Waals surface area contributed by atoms with E-state index >= 15 is 0 Å². The summed E-state index contributed by atoms with van der Waals surface area (Å²) >= 11 is 5.27. The third-order valence-electron chi connectivity index (χ3n) is 5.11. The summed E-state index contributed by atoms with van der Waals surface area (Å²) in [6, 6.07) is 19.8. The second-order valence-corrected chi connectivity index (χ2v) is 8.50. The van der Waals surface area contributed by atoms with Crippen molar-refractivity contribution in [2.24, 2.45) is 5.92 Å². The lowest BCUT2D eigenvalue weighted by Crippen LogP contribution is -2.37. The Bertz CT molecular complexity index is 1140. The second-order valence-electron chi connectivity index (χ2n) is 8.09. The van der Waals surface area contributed by atoms with Gasteiger partial charge in [-0.3, -0.25) is 10.1 Å². The highest BCUT2D eigenvalue weighted by Gasteiger charge is 2.08. The molecular formula is C27H30N2O3S. The van der Waals surface area contributed by atoms with Crippen LogP contribution >= 0.6 is 12.2 Å². The Kier molecular flexibility index (Phi) is 8.84. The monoisotopic (exact) mass is 462 g/mol. The van der Waals surface area contributed by atoms with Crippen molar-refractivity contribution in [1.29, 1.82) is 0 Å². The van der Waals surface area contributed by atoms with E-state index in [2.05, 4.69) is 24.5 Å². The number of carbonyl (C=O) groups excluding carboxylic acids is 1. The fourth-order valence-electron chi connectivity index (χ4n) is 3.29. The molecule has 0 atom stereocenters. The summed E-state index contributed by atoms with van der Waals surface area (Å²) in [6.45, 7) is 5.43. The van der Waals surface area contributed by atoms with Crippen LogP contribution in [-0.4, -0.2) is 24.7 Å². The highest BCUT2D eigenvalue weighted by Crippen LogP contribution is 2.28. The normalized spacial score (nSPS) is 11.0. The lowest BCUT2D eigenvalue weighted by molar-refractivity contribution is -0.115. The Morgan fingerprint density at radius 1 is 1.06 bits per heavy atom. The molecule has 0 aliphatic rings. The zero-order valence-corrected chi connectivity index (χ0v) is 20.1. The predicted octanol–water partition coefficient (Wildman–Crippen LogP) is 5.48.